The van der Waals surface area contributed by atoms with Crippen LogP contribution in [0.1, 0.15) is 11.1 Å². The number of nitrogens with one attached hydrogen (secondary N) is 1. The molecule has 1 aliphatic rings. The lowest BCUT2D eigenvalue weighted by Crippen LogP contribution is -2.32. The first kappa shape index (κ1) is 20.7. The van der Waals surface area contributed by atoms with Crippen molar-refractivity contribution < 1.29 is 33.0 Å². The third kappa shape index (κ3) is 4.90. The van der Waals surface area contributed by atoms with E-state index in [0.717, 1.165) is 17.3 Å². The number of nitrogens with two attached hydrogens (primary N) is 1. The van der Waals surface area contributed by atoms with Gasteiger partial charge in [-0.05, 0) is 35.7 Å². The number of ether oxygens (including phenoxy) is 1. The number of amides is 2. The summed E-state index contributed by atoms with van der Waals surface area (Å²) in [7, 11) is 0. The highest BCUT2D eigenvalue weighted by Gasteiger charge is 2.31. The summed E-state index contributed by atoms with van der Waals surface area (Å²) < 4.78 is 33.8. The first-order valence-corrected chi connectivity index (χ1v) is 9.36. The summed E-state index contributed by atoms with van der Waals surface area (Å²) in [5, 5.41) is 10.1. The van der Waals surface area contributed by atoms with E-state index in [1.807, 2.05) is 0 Å². The van der Waals surface area contributed by atoms with Crippen LogP contribution in [0.2, 0.25) is 0 Å². The molecule has 0 spiro atoms. The molecule has 1 fully saturated rings. The fourth-order valence-electron chi connectivity index (χ4n) is 2.69. The summed E-state index contributed by atoms with van der Waals surface area (Å²) in [5.74, 6) is -4.25. The second-order valence-electron chi connectivity index (χ2n) is 6.33. The molecule has 29 heavy (non-hydrogen) atoms. The lowest BCUT2D eigenvalue weighted by Gasteiger charge is -2.12. The molecule has 2 amide bonds. The molecule has 0 saturated carbocycles. The lowest BCUT2D eigenvalue weighted by atomic mass is 10.1. The van der Waals surface area contributed by atoms with Crippen LogP contribution in [0.15, 0.2) is 36.4 Å². The Morgan fingerprint density at radius 1 is 1.17 bits per heavy atom. The van der Waals surface area contributed by atoms with Gasteiger partial charge in [0.15, 0.2) is 11.6 Å². The summed E-state index contributed by atoms with van der Waals surface area (Å²) >= 11 is 0.918. The Balaban J connectivity index is 1.68. The highest BCUT2D eigenvalue weighted by molar-refractivity contribution is 8.15. The summed E-state index contributed by atoms with van der Waals surface area (Å²) in [6.07, 6.45) is -0.0215. The molecule has 4 N–H and O–H groups in total. The molecule has 0 aromatic heterocycles. The van der Waals surface area contributed by atoms with Crippen LogP contribution < -0.4 is 15.8 Å². The number of carboxylic acids is 1. The number of hydrogen-bond acceptors (Lipinski definition) is 6. The third-order valence-electron chi connectivity index (χ3n) is 4.22. The van der Waals surface area contributed by atoms with Crippen molar-refractivity contribution in [1.29, 1.82) is 0 Å². The molecule has 2 aromatic carbocycles. The summed E-state index contributed by atoms with van der Waals surface area (Å²) in [6, 6.07) is 7.43. The van der Waals surface area contributed by atoms with Gasteiger partial charge in [-0.15, -0.1) is 0 Å². The topological polar surface area (TPSA) is 119 Å². The van der Waals surface area contributed by atoms with Crippen LogP contribution >= 0.6 is 11.8 Å². The molecule has 0 bridgehead atoms. The number of carbonyl (C=O) groups is 3. The van der Waals surface area contributed by atoms with E-state index in [1.54, 1.807) is 12.1 Å². The summed E-state index contributed by atoms with van der Waals surface area (Å²) in [5.41, 5.74) is 5.96. The number of aliphatic carboxylic acids is 1. The van der Waals surface area contributed by atoms with Crippen LogP contribution in [0.4, 0.5) is 13.6 Å². The zero-order chi connectivity index (χ0) is 21.1. The summed E-state index contributed by atoms with van der Waals surface area (Å²) in [4.78, 5) is 33.6. The normalized spacial score (nSPS) is 17.1. The monoisotopic (exact) mass is 422 g/mol. The van der Waals surface area contributed by atoms with Crippen molar-refractivity contribution in [3.05, 3.63) is 59.2 Å². The number of carboxylic acid groups (broad SMARTS) is 1. The van der Waals surface area contributed by atoms with Gasteiger partial charge in [-0.3, -0.25) is 19.7 Å². The molecule has 2 aromatic rings. The van der Waals surface area contributed by atoms with Gasteiger partial charge >= 0.3 is 5.97 Å². The van der Waals surface area contributed by atoms with Gasteiger partial charge in [-0.25, -0.2) is 4.39 Å². The minimum atomic E-state index is -1.35. The van der Waals surface area contributed by atoms with E-state index < -0.39 is 28.9 Å². The van der Waals surface area contributed by atoms with Gasteiger partial charge in [0, 0.05) is 6.42 Å². The number of imide groups is 1. The van der Waals surface area contributed by atoms with Gasteiger partial charge in [-0.2, -0.15) is 4.39 Å². The largest absolute Gasteiger partial charge is 0.480 e. The zero-order valence-corrected chi connectivity index (χ0v) is 15.7. The average molecular weight is 422 g/mol. The highest BCUT2D eigenvalue weighted by atomic mass is 32.2. The predicted octanol–water partition coefficient (Wildman–Crippen LogP) is 2.61. The maximum absolute atomic E-state index is 14.3. The van der Waals surface area contributed by atoms with Crippen molar-refractivity contribution in [2.75, 3.05) is 0 Å². The zero-order valence-electron chi connectivity index (χ0n) is 14.9. The van der Waals surface area contributed by atoms with E-state index in [9.17, 15) is 23.2 Å². The Morgan fingerprint density at radius 3 is 2.45 bits per heavy atom. The maximum atomic E-state index is 14.3. The average Bonchev–Trinajstić information content (AvgIpc) is 2.99. The van der Waals surface area contributed by atoms with Crippen LogP contribution in [0.5, 0.6) is 11.5 Å². The fraction of sp³-hybridized carbons (Fsp3) is 0.211. The first-order chi connectivity index (χ1) is 13.7. The second kappa shape index (κ2) is 8.58. The quantitative estimate of drug-likeness (QED) is 0.628. The number of rotatable bonds is 7. The molecule has 0 aliphatic carbocycles. The van der Waals surface area contributed by atoms with Crippen LogP contribution in [0.25, 0.3) is 0 Å². The Bertz CT molecular complexity index is 968. The smallest absolute Gasteiger partial charge is 0.320 e. The van der Waals surface area contributed by atoms with Crippen molar-refractivity contribution in [3.8, 4) is 11.5 Å². The molecule has 152 valence electrons. The van der Waals surface area contributed by atoms with Crippen molar-refractivity contribution in [1.82, 2.24) is 5.32 Å². The maximum Gasteiger partial charge on any atom is 0.320 e. The fourth-order valence-corrected chi connectivity index (χ4v) is 3.55. The molecular weight excluding hydrogens is 406 g/mol. The van der Waals surface area contributed by atoms with Gasteiger partial charge in [0.1, 0.15) is 11.8 Å². The van der Waals surface area contributed by atoms with E-state index in [4.69, 9.17) is 15.6 Å². The third-order valence-corrected chi connectivity index (χ3v) is 5.20. The Kier molecular flexibility index (Phi) is 6.14. The van der Waals surface area contributed by atoms with E-state index >= 15 is 0 Å². The van der Waals surface area contributed by atoms with Gasteiger partial charge in [0.2, 0.25) is 11.7 Å². The Morgan fingerprint density at radius 2 is 1.86 bits per heavy atom. The van der Waals surface area contributed by atoms with Crippen LogP contribution in [0.3, 0.4) is 0 Å². The number of halogens is 2. The number of hydrogen-bond donors (Lipinski definition) is 3. The molecule has 1 aliphatic heterocycles. The molecular formula is C19H16F2N2O5S. The summed E-state index contributed by atoms with van der Waals surface area (Å²) in [6.45, 7) is 0. The second-order valence-corrected chi connectivity index (χ2v) is 7.51. The predicted molar refractivity (Wildman–Crippen MR) is 101 cm³/mol. The van der Waals surface area contributed by atoms with E-state index in [0.29, 0.717) is 6.42 Å². The molecule has 2 unspecified atom stereocenters. The van der Waals surface area contributed by atoms with Crippen molar-refractivity contribution in [2.45, 2.75) is 24.1 Å². The molecule has 1 heterocycles. The number of carbonyl (C=O) groups excluding carboxylic acids is 2. The number of thioether (sulfide) groups is 1. The van der Waals surface area contributed by atoms with E-state index in [2.05, 4.69) is 5.32 Å². The van der Waals surface area contributed by atoms with E-state index in [1.165, 1.54) is 24.3 Å². The van der Waals surface area contributed by atoms with Crippen molar-refractivity contribution >= 4 is 28.9 Å². The van der Waals surface area contributed by atoms with Gasteiger partial charge in [0.05, 0.1) is 5.25 Å². The molecule has 3 rings (SSSR count). The van der Waals surface area contributed by atoms with Gasteiger partial charge < -0.3 is 15.6 Å². The molecule has 0 radical (unpaired) electrons. The molecule has 10 heteroatoms. The number of benzene rings is 2. The Hall–Kier alpha value is -2.98. The lowest BCUT2D eigenvalue weighted by molar-refractivity contribution is -0.138. The van der Waals surface area contributed by atoms with Crippen LogP contribution in [-0.4, -0.2) is 33.5 Å². The Labute approximate surface area is 168 Å². The molecule has 7 nitrogen and oxygen atoms in total. The van der Waals surface area contributed by atoms with Crippen LogP contribution in [-0.2, 0) is 22.4 Å². The highest BCUT2D eigenvalue weighted by Crippen LogP contribution is 2.29. The van der Waals surface area contributed by atoms with Crippen LogP contribution in [0, 0.1) is 11.6 Å². The van der Waals surface area contributed by atoms with Gasteiger partial charge in [0.25, 0.3) is 5.24 Å². The molecule has 2 atom stereocenters. The minimum absolute atomic E-state index is 0.165. The van der Waals surface area contributed by atoms with Crippen molar-refractivity contribution in [3.63, 3.8) is 0 Å². The minimum Gasteiger partial charge on any atom is -0.480 e. The standard InChI is InChI=1S/C19H16F2N2O5S/c20-15-10(8-12(22)18(25)26)3-6-13(16(15)21)28-11-4-1-9(2-5-11)7-14-17(24)23-19(27)29-14/h1-6,12,14H,7-8,22H2,(H,25,26)(H,23,24,27). The van der Waals surface area contributed by atoms with Crippen molar-refractivity contribution in [2.24, 2.45) is 5.73 Å². The first-order valence-electron chi connectivity index (χ1n) is 8.48. The SMILES string of the molecule is NC(Cc1ccc(Oc2ccc(CC3SC(=O)NC3=O)cc2)c(F)c1F)C(=O)O. The molecule has 1 saturated heterocycles. The van der Waals surface area contributed by atoms with Gasteiger partial charge in [-0.1, -0.05) is 30.0 Å². The van der Waals surface area contributed by atoms with E-state index in [-0.39, 0.29) is 34.6 Å².